The maximum Gasteiger partial charge on any atom is 0.350 e. The fraction of sp³-hybridized carbons (Fsp3) is 0. The Balaban J connectivity index is 1.23. The van der Waals surface area contributed by atoms with Gasteiger partial charge in [-0.25, -0.2) is 19.2 Å². The number of benzene rings is 4. The summed E-state index contributed by atoms with van der Waals surface area (Å²) in [5.41, 5.74) is 0.970. The lowest BCUT2D eigenvalue weighted by molar-refractivity contribution is 0.0425. The summed E-state index contributed by atoms with van der Waals surface area (Å²) in [6, 6.07) is 21.7. The number of carbonyl (C=O) groups excluding carboxylic acids is 5. The zero-order chi connectivity index (χ0) is 26.4. The molecule has 0 saturated carbocycles. The number of cyclic esters (lactones) is 4. The number of hydrogen-bond donors (Lipinski definition) is 0. The molecule has 0 unspecified atom stereocenters. The molecule has 0 radical (unpaired) electrons. The number of para-hydroxylation sites is 1. The van der Waals surface area contributed by atoms with E-state index < -0.39 is 23.9 Å². The van der Waals surface area contributed by atoms with Gasteiger partial charge in [-0.3, -0.25) is 4.79 Å². The summed E-state index contributed by atoms with van der Waals surface area (Å²) < 4.78 is 20.9. The van der Waals surface area contributed by atoms with Gasteiger partial charge in [-0.05, 0) is 66.7 Å². The van der Waals surface area contributed by atoms with Gasteiger partial charge in [0.05, 0.1) is 22.3 Å². The Labute approximate surface area is 214 Å². The van der Waals surface area contributed by atoms with Crippen molar-refractivity contribution in [1.82, 2.24) is 0 Å². The van der Waals surface area contributed by atoms with E-state index in [2.05, 4.69) is 9.47 Å². The molecule has 0 saturated heterocycles. The first kappa shape index (κ1) is 22.9. The van der Waals surface area contributed by atoms with E-state index in [0.717, 1.165) is 0 Å². The Hall–Kier alpha value is -5.57. The molecule has 38 heavy (non-hydrogen) atoms. The van der Waals surface area contributed by atoms with E-state index in [1.807, 2.05) is 0 Å². The monoisotopic (exact) mass is 506 g/mol. The summed E-state index contributed by atoms with van der Waals surface area (Å²) >= 11 is 0. The topological polar surface area (TPSA) is 122 Å². The highest BCUT2D eigenvalue weighted by molar-refractivity contribution is 6.16. The Morgan fingerprint density at radius 3 is 2.03 bits per heavy atom. The van der Waals surface area contributed by atoms with Crippen LogP contribution in [0.15, 0.2) is 84.9 Å². The summed E-state index contributed by atoms with van der Waals surface area (Å²) in [5.74, 6) is -2.35. The number of carbonyl (C=O) groups is 5. The van der Waals surface area contributed by atoms with Crippen molar-refractivity contribution in [3.05, 3.63) is 118 Å². The summed E-state index contributed by atoms with van der Waals surface area (Å²) in [7, 11) is 0. The molecule has 4 aromatic rings. The van der Waals surface area contributed by atoms with Crippen molar-refractivity contribution in [3.8, 4) is 23.0 Å². The summed E-state index contributed by atoms with van der Waals surface area (Å²) in [5, 5.41) is 0. The molecule has 0 aromatic heterocycles. The van der Waals surface area contributed by atoms with Gasteiger partial charge in [0.25, 0.3) is 0 Å². The van der Waals surface area contributed by atoms with Crippen LogP contribution in [0.3, 0.4) is 0 Å². The van der Waals surface area contributed by atoms with E-state index >= 15 is 0 Å². The van der Waals surface area contributed by atoms with Gasteiger partial charge < -0.3 is 18.9 Å². The second-order valence-electron chi connectivity index (χ2n) is 8.29. The van der Waals surface area contributed by atoms with E-state index in [1.165, 1.54) is 30.3 Å². The van der Waals surface area contributed by atoms with E-state index in [0.29, 0.717) is 17.1 Å². The highest BCUT2D eigenvalue weighted by Crippen LogP contribution is 2.35. The minimum atomic E-state index is -0.813. The third-order valence-corrected chi connectivity index (χ3v) is 5.96. The van der Waals surface area contributed by atoms with Crippen molar-refractivity contribution in [2.24, 2.45) is 0 Å². The summed E-state index contributed by atoms with van der Waals surface area (Å²) in [4.78, 5) is 60.7. The average molecular weight is 506 g/mol. The van der Waals surface area contributed by atoms with Crippen LogP contribution in [0, 0.1) is 0 Å². The normalized spacial score (nSPS) is 13.5. The number of rotatable bonds is 6. The summed E-state index contributed by atoms with van der Waals surface area (Å²) in [6.45, 7) is 0. The lowest BCUT2D eigenvalue weighted by atomic mass is 10.0. The number of esters is 4. The van der Waals surface area contributed by atoms with Crippen molar-refractivity contribution in [2.45, 2.75) is 0 Å². The van der Waals surface area contributed by atoms with Gasteiger partial charge in [0.1, 0.15) is 28.6 Å². The Morgan fingerprint density at radius 1 is 0.553 bits per heavy atom. The van der Waals surface area contributed by atoms with Gasteiger partial charge in [0, 0.05) is 5.56 Å². The predicted octanol–water partition coefficient (Wildman–Crippen LogP) is 5.12. The largest absolute Gasteiger partial charge is 0.457 e. The number of fused-ring (bicyclic) bond motifs is 2. The standard InChI is InChI=1S/C29H14O9/c30-25(15-8-10-16(11-9-15)35-17-12-13-18-21(14-17)28(33)37-26(18)31)19-4-1-2-6-22(19)36-23-7-3-5-20-24(23)29(34)38-27(20)32/h1-14H. The Bertz CT molecular complexity index is 1700. The molecule has 0 amide bonds. The molecule has 2 heterocycles. The first-order valence-corrected chi connectivity index (χ1v) is 11.3. The zero-order valence-electron chi connectivity index (χ0n) is 19.3. The lowest BCUT2D eigenvalue weighted by Crippen LogP contribution is -2.05. The molecule has 2 aliphatic rings. The molecule has 0 fully saturated rings. The molecular formula is C29H14O9. The van der Waals surface area contributed by atoms with Crippen molar-refractivity contribution >= 4 is 29.7 Å². The minimum absolute atomic E-state index is 0.00503. The van der Waals surface area contributed by atoms with Crippen LogP contribution in [0.25, 0.3) is 0 Å². The molecule has 6 rings (SSSR count). The fourth-order valence-corrected chi connectivity index (χ4v) is 4.14. The van der Waals surface area contributed by atoms with Crippen LogP contribution in [-0.2, 0) is 9.47 Å². The van der Waals surface area contributed by atoms with E-state index in [9.17, 15) is 24.0 Å². The lowest BCUT2D eigenvalue weighted by Gasteiger charge is -2.12. The van der Waals surface area contributed by atoms with E-state index in [-0.39, 0.29) is 45.1 Å². The second-order valence-corrected chi connectivity index (χ2v) is 8.29. The van der Waals surface area contributed by atoms with Gasteiger partial charge in [-0.2, -0.15) is 0 Å². The van der Waals surface area contributed by atoms with Crippen molar-refractivity contribution < 1.29 is 42.9 Å². The zero-order valence-corrected chi connectivity index (χ0v) is 19.3. The minimum Gasteiger partial charge on any atom is -0.457 e. The molecule has 2 aliphatic heterocycles. The molecule has 0 aliphatic carbocycles. The number of hydrogen-bond acceptors (Lipinski definition) is 9. The highest BCUT2D eigenvalue weighted by Gasteiger charge is 2.33. The average Bonchev–Trinajstić information content (AvgIpc) is 3.38. The van der Waals surface area contributed by atoms with Crippen LogP contribution in [0.5, 0.6) is 23.0 Å². The second kappa shape index (κ2) is 8.82. The summed E-state index contributed by atoms with van der Waals surface area (Å²) in [6.07, 6.45) is 0. The maximum atomic E-state index is 13.3. The molecule has 0 N–H and O–H groups in total. The van der Waals surface area contributed by atoms with Crippen LogP contribution in [0.2, 0.25) is 0 Å². The molecule has 9 nitrogen and oxygen atoms in total. The van der Waals surface area contributed by atoms with Crippen molar-refractivity contribution in [1.29, 1.82) is 0 Å². The highest BCUT2D eigenvalue weighted by atomic mass is 16.6. The molecule has 184 valence electrons. The molecular weight excluding hydrogens is 492 g/mol. The molecule has 4 aromatic carbocycles. The predicted molar refractivity (Wildman–Crippen MR) is 129 cm³/mol. The molecule has 9 heteroatoms. The fourth-order valence-electron chi connectivity index (χ4n) is 4.14. The van der Waals surface area contributed by atoms with Gasteiger partial charge >= 0.3 is 23.9 Å². The SMILES string of the molecule is O=C(c1ccc(Oc2ccc3c(c2)C(=O)OC3=O)cc1)c1ccccc1Oc1cccc2c1C(=O)OC2=O. The third kappa shape index (κ3) is 3.88. The molecule has 0 bridgehead atoms. The molecule has 0 spiro atoms. The van der Waals surface area contributed by atoms with Crippen LogP contribution in [0.4, 0.5) is 0 Å². The van der Waals surface area contributed by atoms with Crippen LogP contribution < -0.4 is 9.47 Å². The van der Waals surface area contributed by atoms with Gasteiger partial charge in [-0.15, -0.1) is 0 Å². The quantitative estimate of drug-likeness (QED) is 0.199. The first-order valence-electron chi connectivity index (χ1n) is 11.3. The van der Waals surface area contributed by atoms with Crippen molar-refractivity contribution in [2.75, 3.05) is 0 Å². The molecule has 0 atom stereocenters. The van der Waals surface area contributed by atoms with Crippen LogP contribution >= 0.6 is 0 Å². The third-order valence-electron chi connectivity index (χ3n) is 5.96. The Kier molecular flexibility index (Phi) is 5.31. The maximum absolute atomic E-state index is 13.3. The van der Waals surface area contributed by atoms with Gasteiger partial charge in [0.2, 0.25) is 0 Å². The number of ether oxygens (including phenoxy) is 4. The Morgan fingerprint density at radius 2 is 1.21 bits per heavy atom. The first-order chi connectivity index (χ1) is 18.4. The smallest absolute Gasteiger partial charge is 0.350 e. The van der Waals surface area contributed by atoms with Crippen LogP contribution in [-0.4, -0.2) is 29.7 Å². The van der Waals surface area contributed by atoms with Crippen LogP contribution in [0.1, 0.15) is 57.4 Å². The van der Waals surface area contributed by atoms with Crippen molar-refractivity contribution in [3.63, 3.8) is 0 Å². The van der Waals surface area contributed by atoms with Gasteiger partial charge in [-0.1, -0.05) is 18.2 Å². The van der Waals surface area contributed by atoms with Gasteiger partial charge in [0.15, 0.2) is 5.78 Å². The van der Waals surface area contributed by atoms with E-state index in [1.54, 1.807) is 54.6 Å². The number of ketones is 1. The van der Waals surface area contributed by atoms with E-state index in [4.69, 9.17) is 9.47 Å².